The second-order valence-corrected chi connectivity index (χ2v) is 7.19. The Balaban J connectivity index is 2.11. The summed E-state index contributed by atoms with van der Waals surface area (Å²) >= 11 is 5.44. The third-order valence-corrected chi connectivity index (χ3v) is 6.11. The number of rotatable bonds is 3. The Morgan fingerprint density at radius 1 is 1.00 bits per heavy atom. The molecule has 0 amide bonds. The molecule has 0 saturated carbocycles. The van der Waals surface area contributed by atoms with Crippen molar-refractivity contribution < 1.29 is 8.42 Å². The lowest BCUT2D eigenvalue weighted by Gasteiger charge is -2.38. The van der Waals surface area contributed by atoms with Crippen LogP contribution in [0.3, 0.4) is 0 Å². The minimum absolute atomic E-state index is 0.307. The van der Waals surface area contributed by atoms with Gasteiger partial charge in [-0.05, 0) is 36.8 Å². The molecule has 114 valence electrons. The zero-order valence-electron chi connectivity index (χ0n) is 12.1. The van der Waals surface area contributed by atoms with Crippen molar-refractivity contribution in [2.45, 2.75) is 18.4 Å². The highest BCUT2D eigenvalue weighted by Gasteiger charge is 2.37. The smallest absolute Gasteiger partial charge is 0.268 e. The van der Waals surface area contributed by atoms with E-state index in [4.69, 9.17) is 12.2 Å². The standard InChI is InChI=1S/C16H16N2O2S2/c1-2-18-16(21)17(12-13-8-4-3-5-9-13)14-10-6-7-11-15(14)22(18,19)20/h3-11H,2,12H2,1H3. The van der Waals surface area contributed by atoms with Crippen molar-refractivity contribution in [3.63, 3.8) is 0 Å². The molecule has 0 bridgehead atoms. The summed E-state index contributed by atoms with van der Waals surface area (Å²) in [6.07, 6.45) is 0. The van der Waals surface area contributed by atoms with E-state index in [0.29, 0.717) is 28.8 Å². The molecule has 2 aromatic rings. The lowest BCUT2D eigenvalue weighted by atomic mass is 10.2. The van der Waals surface area contributed by atoms with E-state index >= 15 is 0 Å². The van der Waals surface area contributed by atoms with Crippen LogP contribution in [0.15, 0.2) is 59.5 Å². The van der Waals surface area contributed by atoms with Gasteiger partial charge in [0, 0.05) is 6.54 Å². The van der Waals surface area contributed by atoms with Gasteiger partial charge in [0.05, 0.1) is 12.2 Å². The van der Waals surface area contributed by atoms with Gasteiger partial charge in [-0.3, -0.25) is 0 Å². The van der Waals surface area contributed by atoms with Gasteiger partial charge in [-0.1, -0.05) is 42.5 Å². The van der Waals surface area contributed by atoms with Crippen LogP contribution in [-0.2, 0) is 16.6 Å². The molecule has 0 atom stereocenters. The predicted octanol–water partition coefficient (Wildman–Crippen LogP) is 3.00. The van der Waals surface area contributed by atoms with Gasteiger partial charge >= 0.3 is 0 Å². The number of sulfonamides is 1. The van der Waals surface area contributed by atoms with E-state index in [1.165, 1.54) is 4.31 Å². The van der Waals surface area contributed by atoms with Gasteiger partial charge < -0.3 is 4.90 Å². The topological polar surface area (TPSA) is 40.6 Å². The first kappa shape index (κ1) is 15.0. The molecule has 0 saturated heterocycles. The fourth-order valence-corrected chi connectivity index (χ4v) is 4.74. The van der Waals surface area contributed by atoms with E-state index in [-0.39, 0.29) is 0 Å². The van der Waals surface area contributed by atoms with Gasteiger partial charge in [0.15, 0.2) is 5.11 Å². The number of hydrogen-bond donors (Lipinski definition) is 0. The Bertz CT molecular complexity index is 804. The van der Waals surface area contributed by atoms with Gasteiger partial charge in [0.25, 0.3) is 10.0 Å². The Hall–Kier alpha value is -1.92. The van der Waals surface area contributed by atoms with E-state index in [1.54, 1.807) is 25.1 Å². The molecule has 6 heteroatoms. The van der Waals surface area contributed by atoms with E-state index in [9.17, 15) is 8.42 Å². The quantitative estimate of drug-likeness (QED) is 0.810. The maximum Gasteiger partial charge on any atom is 0.268 e. The van der Waals surface area contributed by atoms with Crippen LogP contribution >= 0.6 is 12.2 Å². The van der Waals surface area contributed by atoms with Crippen molar-refractivity contribution in [3.8, 4) is 0 Å². The van der Waals surface area contributed by atoms with Crippen molar-refractivity contribution in [2.75, 3.05) is 11.4 Å². The number of fused-ring (bicyclic) bond motifs is 1. The summed E-state index contributed by atoms with van der Waals surface area (Å²) in [5, 5.41) is 0.324. The van der Waals surface area contributed by atoms with Crippen molar-refractivity contribution in [1.29, 1.82) is 0 Å². The van der Waals surface area contributed by atoms with Crippen LogP contribution in [0.4, 0.5) is 5.69 Å². The summed E-state index contributed by atoms with van der Waals surface area (Å²) in [5.74, 6) is 0. The molecule has 0 unspecified atom stereocenters. The molecule has 4 nitrogen and oxygen atoms in total. The van der Waals surface area contributed by atoms with E-state index < -0.39 is 10.0 Å². The number of anilines is 1. The van der Waals surface area contributed by atoms with Gasteiger partial charge in [-0.2, -0.15) is 0 Å². The van der Waals surface area contributed by atoms with Crippen LogP contribution in [0, 0.1) is 0 Å². The molecule has 0 aliphatic carbocycles. The first-order valence-corrected chi connectivity index (χ1v) is 8.87. The van der Waals surface area contributed by atoms with Crippen LogP contribution in [0.5, 0.6) is 0 Å². The molecule has 22 heavy (non-hydrogen) atoms. The summed E-state index contributed by atoms with van der Waals surface area (Å²) in [4.78, 5) is 2.19. The Kier molecular flexibility index (Phi) is 3.88. The Morgan fingerprint density at radius 2 is 1.64 bits per heavy atom. The van der Waals surface area contributed by atoms with Gasteiger partial charge in [-0.15, -0.1) is 0 Å². The molecule has 1 aliphatic heterocycles. The minimum Gasteiger partial charge on any atom is -0.312 e. The molecular formula is C16H16N2O2S2. The Morgan fingerprint density at radius 3 is 2.32 bits per heavy atom. The van der Waals surface area contributed by atoms with Crippen LogP contribution < -0.4 is 4.90 Å². The molecule has 1 aliphatic rings. The predicted molar refractivity (Wildman–Crippen MR) is 91.2 cm³/mol. The highest BCUT2D eigenvalue weighted by molar-refractivity contribution is 7.92. The van der Waals surface area contributed by atoms with Gasteiger partial charge in [0.2, 0.25) is 0 Å². The van der Waals surface area contributed by atoms with Crippen LogP contribution in [0.2, 0.25) is 0 Å². The second-order valence-electron chi connectivity index (χ2n) is 4.99. The molecule has 0 fully saturated rings. The maximum atomic E-state index is 12.7. The monoisotopic (exact) mass is 332 g/mol. The molecule has 0 aromatic heterocycles. The van der Waals surface area contributed by atoms with Crippen molar-refractivity contribution in [3.05, 3.63) is 60.2 Å². The average Bonchev–Trinajstić information content (AvgIpc) is 2.53. The minimum atomic E-state index is -3.56. The number of thiocarbonyl (C=S) groups is 1. The molecule has 0 spiro atoms. The van der Waals surface area contributed by atoms with Crippen molar-refractivity contribution in [2.24, 2.45) is 0 Å². The third-order valence-electron chi connectivity index (χ3n) is 3.64. The first-order valence-electron chi connectivity index (χ1n) is 7.03. The number of nitrogens with zero attached hydrogens (tertiary/aromatic N) is 2. The lowest BCUT2D eigenvalue weighted by molar-refractivity contribution is 0.525. The van der Waals surface area contributed by atoms with Crippen LogP contribution in [0.1, 0.15) is 12.5 Å². The lowest BCUT2D eigenvalue weighted by Crippen LogP contribution is -2.50. The Labute approximate surface area is 136 Å². The van der Waals surface area contributed by atoms with E-state index in [0.717, 1.165) is 5.56 Å². The SMILES string of the molecule is CCN1C(=S)N(Cc2ccccc2)c2ccccc2S1(=O)=O. The fourth-order valence-electron chi connectivity index (χ4n) is 2.58. The average molecular weight is 332 g/mol. The maximum absolute atomic E-state index is 12.7. The summed E-state index contributed by atoms with van der Waals surface area (Å²) in [7, 11) is -3.56. The normalized spacial score (nSPS) is 16.5. The number of para-hydroxylation sites is 1. The third kappa shape index (κ3) is 2.38. The second kappa shape index (κ2) is 5.70. The zero-order chi connectivity index (χ0) is 15.7. The van der Waals surface area contributed by atoms with Gasteiger partial charge in [0.1, 0.15) is 4.90 Å². The molecule has 2 aromatic carbocycles. The number of hydrogen-bond acceptors (Lipinski definition) is 3. The van der Waals surface area contributed by atoms with Crippen molar-refractivity contribution >= 4 is 33.0 Å². The van der Waals surface area contributed by atoms with Crippen LogP contribution in [0.25, 0.3) is 0 Å². The highest BCUT2D eigenvalue weighted by atomic mass is 32.2. The molecular weight excluding hydrogens is 316 g/mol. The molecule has 3 rings (SSSR count). The largest absolute Gasteiger partial charge is 0.312 e. The first-order chi connectivity index (χ1) is 10.6. The zero-order valence-corrected chi connectivity index (χ0v) is 13.8. The molecule has 0 N–H and O–H groups in total. The summed E-state index contributed by atoms with van der Waals surface area (Å²) in [5.41, 5.74) is 1.72. The van der Waals surface area contributed by atoms with E-state index in [2.05, 4.69) is 0 Å². The van der Waals surface area contributed by atoms with E-state index in [1.807, 2.05) is 41.3 Å². The van der Waals surface area contributed by atoms with Crippen molar-refractivity contribution in [1.82, 2.24) is 4.31 Å². The molecule has 0 radical (unpaired) electrons. The summed E-state index contributed by atoms with van der Waals surface area (Å²) in [6, 6.07) is 16.9. The summed E-state index contributed by atoms with van der Waals surface area (Å²) < 4.78 is 26.6. The van der Waals surface area contributed by atoms with Crippen LogP contribution in [-0.4, -0.2) is 24.4 Å². The summed E-state index contributed by atoms with van der Waals surface area (Å²) in [6.45, 7) is 2.65. The van der Waals surface area contributed by atoms with Gasteiger partial charge in [-0.25, -0.2) is 12.7 Å². The number of benzene rings is 2. The molecule has 1 heterocycles. The fraction of sp³-hybridized carbons (Fsp3) is 0.188. The highest BCUT2D eigenvalue weighted by Crippen LogP contribution is 2.35.